The first-order valence-corrected chi connectivity index (χ1v) is 12.4. The zero-order valence-corrected chi connectivity index (χ0v) is 20.9. The summed E-state index contributed by atoms with van der Waals surface area (Å²) in [5, 5.41) is 10.1. The van der Waals surface area contributed by atoms with Crippen molar-refractivity contribution in [3.8, 4) is 11.1 Å². The quantitative estimate of drug-likeness (QED) is 0.523. The van der Waals surface area contributed by atoms with Gasteiger partial charge in [0, 0.05) is 36.9 Å². The fraction of sp³-hybridized carbons (Fsp3) is 0.444. The molecule has 0 aliphatic heterocycles. The number of nitrogens with zero attached hydrogens (tertiary/aromatic N) is 4. The Hall–Kier alpha value is -3.55. The first-order valence-electron chi connectivity index (χ1n) is 12.4. The van der Waals surface area contributed by atoms with Crippen LogP contribution in [0.15, 0.2) is 43.0 Å². The maximum Gasteiger partial charge on any atom is 0.270 e. The molecule has 35 heavy (non-hydrogen) atoms. The molecule has 8 heteroatoms. The minimum absolute atomic E-state index is 0.0783. The van der Waals surface area contributed by atoms with Crippen LogP contribution in [0.2, 0.25) is 0 Å². The van der Waals surface area contributed by atoms with Crippen molar-refractivity contribution in [2.24, 2.45) is 11.8 Å². The summed E-state index contributed by atoms with van der Waals surface area (Å²) in [5.41, 5.74) is 4.67. The third kappa shape index (κ3) is 5.58. The van der Waals surface area contributed by atoms with E-state index in [0.717, 1.165) is 47.9 Å². The Morgan fingerprint density at radius 2 is 1.77 bits per heavy atom. The van der Waals surface area contributed by atoms with Gasteiger partial charge >= 0.3 is 0 Å². The van der Waals surface area contributed by atoms with Crippen molar-refractivity contribution in [3.05, 3.63) is 59.8 Å². The molecule has 0 spiro atoms. The standard InChI is InChI=1S/C27H34N6O2/c1-5-33-22(12-13-30-33)26(34)32-25(20-8-6-17(2)7-9-20)27(35)31-23-11-10-21(16-29-23)24-18(3)14-28-15-19(24)4/h10-17,20,25H,5-9H2,1-4H3,(H,32,34)(H,29,31,35)/t17-,20-,25-/m0/s1. The molecule has 1 fully saturated rings. The monoisotopic (exact) mass is 474 g/mol. The fourth-order valence-corrected chi connectivity index (χ4v) is 4.99. The van der Waals surface area contributed by atoms with Crippen LogP contribution in [0, 0.1) is 25.7 Å². The largest absolute Gasteiger partial charge is 0.339 e. The van der Waals surface area contributed by atoms with Crippen molar-refractivity contribution < 1.29 is 9.59 Å². The second-order valence-electron chi connectivity index (χ2n) is 9.57. The molecule has 8 nitrogen and oxygen atoms in total. The number of aromatic nitrogens is 4. The van der Waals surface area contributed by atoms with E-state index in [1.54, 1.807) is 29.2 Å². The third-order valence-electron chi connectivity index (χ3n) is 6.98. The number of nitrogens with one attached hydrogen (secondary N) is 2. The Balaban J connectivity index is 1.52. The summed E-state index contributed by atoms with van der Waals surface area (Å²) in [6, 6.07) is 4.80. The Morgan fingerprint density at radius 1 is 1.06 bits per heavy atom. The number of aryl methyl sites for hydroxylation is 3. The van der Waals surface area contributed by atoms with Gasteiger partial charge in [0.05, 0.1) is 0 Å². The molecule has 4 rings (SSSR count). The van der Waals surface area contributed by atoms with E-state index in [1.807, 2.05) is 39.2 Å². The summed E-state index contributed by atoms with van der Waals surface area (Å²) in [6.07, 6.45) is 10.9. The number of carbonyl (C=O) groups is 2. The van der Waals surface area contributed by atoms with Gasteiger partial charge in [0.15, 0.2) is 0 Å². The van der Waals surface area contributed by atoms with Gasteiger partial charge in [-0.1, -0.05) is 19.8 Å². The zero-order chi connectivity index (χ0) is 24.9. The summed E-state index contributed by atoms with van der Waals surface area (Å²) >= 11 is 0. The average Bonchev–Trinajstić information content (AvgIpc) is 3.33. The van der Waals surface area contributed by atoms with Crippen LogP contribution < -0.4 is 10.6 Å². The topological polar surface area (TPSA) is 102 Å². The molecular formula is C27H34N6O2. The molecule has 0 bridgehead atoms. The molecular weight excluding hydrogens is 440 g/mol. The summed E-state index contributed by atoms with van der Waals surface area (Å²) in [5.74, 6) is 0.660. The average molecular weight is 475 g/mol. The Labute approximate surface area is 206 Å². The highest BCUT2D eigenvalue weighted by molar-refractivity contribution is 6.00. The van der Waals surface area contributed by atoms with Gasteiger partial charge in [0.25, 0.3) is 5.91 Å². The van der Waals surface area contributed by atoms with Crippen LogP contribution in [-0.2, 0) is 11.3 Å². The second-order valence-corrected chi connectivity index (χ2v) is 9.57. The highest BCUT2D eigenvalue weighted by Gasteiger charge is 2.33. The predicted molar refractivity (Wildman–Crippen MR) is 136 cm³/mol. The molecule has 184 valence electrons. The van der Waals surface area contributed by atoms with Crippen LogP contribution >= 0.6 is 0 Å². The zero-order valence-electron chi connectivity index (χ0n) is 20.9. The van der Waals surface area contributed by atoms with E-state index in [9.17, 15) is 9.59 Å². The minimum Gasteiger partial charge on any atom is -0.339 e. The highest BCUT2D eigenvalue weighted by Crippen LogP contribution is 2.31. The lowest BCUT2D eigenvalue weighted by molar-refractivity contribution is -0.119. The van der Waals surface area contributed by atoms with Gasteiger partial charge in [0.2, 0.25) is 5.91 Å². The van der Waals surface area contributed by atoms with E-state index in [1.165, 1.54) is 0 Å². The first-order chi connectivity index (χ1) is 16.9. The van der Waals surface area contributed by atoms with Crippen LogP contribution in [0.25, 0.3) is 11.1 Å². The van der Waals surface area contributed by atoms with E-state index < -0.39 is 6.04 Å². The smallest absolute Gasteiger partial charge is 0.270 e. The van der Waals surface area contributed by atoms with Crippen molar-refractivity contribution in [3.63, 3.8) is 0 Å². The fourth-order valence-electron chi connectivity index (χ4n) is 4.99. The first kappa shape index (κ1) is 24.6. The molecule has 0 aromatic carbocycles. The lowest BCUT2D eigenvalue weighted by Crippen LogP contribution is -2.49. The molecule has 3 aromatic heterocycles. The van der Waals surface area contributed by atoms with E-state index in [-0.39, 0.29) is 17.7 Å². The molecule has 1 aliphatic rings. The van der Waals surface area contributed by atoms with Crippen LogP contribution in [-0.4, -0.2) is 37.6 Å². The summed E-state index contributed by atoms with van der Waals surface area (Å²) in [6.45, 7) is 8.80. The lowest BCUT2D eigenvalue weighted by atomic mass is 9.79. The SMILES string of the molecule is CCn1nccc1C(=O)N[C@H](C(=O)Nc1ccc(-c2c(C)cncc2C)cn1)[C@H]1CC[C@H](C)CC1. The van der Waals surface area contributed by atoms with E-state index in [0.29, 0.717) is 24.0 Å². The highest BCUT2D eigenvalue weighted by atomic mass is 16.2. The molecule has 0 saturated heterocycles. The number of rotatable bonds is 7. The van der Waals surface area contributed by atoms with Gasteiger partial charge < -0.3 is 10.6 Å². The molecule has 1 saturated carbocycles. The molecule has 3 aromatic rings. The van der Waals surface area contributed by atoms with Gasteiger partial charge in [-0.2, -0.15) is 5.10 Å². The van der Waals surface area contributed by atoms with Crippen molar-refractivity contribution in [2.45, 2.75) is 66.0 Å². The molecule has 1 atom stereocenters. The predicted octanol–water partition coefficient (Wildman–Crippen LogP) is 4.54. The molecule has 2 amide bonds. The summed E-state index contributed by atoms with van der Waals surface area (Å²) in [4.78, 5) is 35.2. The van der Waals surface area contributed by atoms with Gasteiger partial charge in [0.1, 0.15) is 17.6 Å². The van der Waals surface area contributed by atoms with Crippen LogP contribution in [0.3, 0.4) is 0 Å². The van der Waals surface area contributed by atoms with Crippen molar-refractivity contribution >= 4 is 17.6 Å². The number of hydrogen-bond acceptors (Lipinski definition) is 5. The lowest BCUT2D eigenvalue weighted by Gasteiger charge is -2.32. The number of hydrogen-bond donors (Lipinski definition) is 2. The number of pyridine rings is 2. The van der Waals surface area contributed by atoms with Crippen molar-refractivity contribution in [2.75, 3.05) is 5.32 Å². The number of carbonyl (C=O) groups excluding carboxylic acids is 2. The minimum atomic E-state index is -0.638. The van der Waals surface area contributed by atoms with Gasteiger partial charge in [-0.05, 0) is 80.3 Å². The van der Waals surface area contributed by atoms with E-state index >= 15 is 0 Å². The van der Waals surface area contributed by atoms with Gasteiger partial charge in [-0.3, -0.25) is 19.3 Å². The Bertz CT molecular complexity index is 1160. The van der Waals surface area contributed by atoms with Crippen LogP contribution in [0.5, 0.6) is 0 Å². The summed E-state index contributed by atoms with van der Waals surface area (Å²) in [7, 11) is 0. The Kier molecular flexibility index (Phi) is 7.58. The maximum absolute atomic E-state index is 13.4. The van der Waals surface area contributed by atoms with E-state index in [2.05, 4.69) is 32.6 Å². The van der Waals surface area contributed by atoms with Crippen LogP contribution in [0.1, 0.15) is 61.1 Å². The van der Waals surface area contributed by atoms with Crippen molar-refractivity contribution in [1.29, 1.82) is 0 Å². The maximum atomic E-state index is 13.4. The second kappa shape index (κ2) is 10.8. The van der Waals surface area contributed by atoms with Crippen LogP contribution in [0.4, 0.5) is 5.82 Å². The number of anilines is 1. The van der Waals surface area contributed by atoms with Gasteiger partial charge in [-0.25, -0.2) is 4.98 Å². The Morgan fingerprint density at radius 3 is 2.40 bits per heavy atom. The number of amides is 2. The van der Waals surface area contributed by atoms with Crippen molar-refractivity contribution in [1.82, 2.24) is 25.1 Å². The molecule has 0 unspecified atom stereocenters. The molecule has 0 radical (unpaired) electrons. The summed E-state index contributed by atoms with van der Waals surface area (Å²) < 4.78 is 1.64. The molecule has 3 heterocycles. The normalized spacial score (nSPS) is 18.6. The molecule has 2 N–H and O–H groups in total. The van der Waals surface area contributed by atoms with E-state index in [4.69, 9.17) is 0 Å². The third-order valence-corrected chi connectivity index (χ3v) is 6.98. The van der Waals surface area contributed by atoms with Gasteiger partial charge in [-0.15, -0.1) is 0 Å². The molecule has 1 aliphatic carbocycles.